The Kier molecular flexibility index (Phi) is 4.17. The summed E-state index contributed by atoms with van der Waals surface area (Å²) >= 11 is 7.29. The number of rotatable bonds is 4. The standard InChI is InChI=1S/C12H11ClN2O2S/c1-17-11(16)10-7-15-12(18-10)14-6-8-4-2-3-5-9(8)13/h2-5,7H,6H2,1H3,(H,14,15). The summed E-state index contributed by atoms with van der Waals surface area (Å²) in [4.78, 5) is 15.8. The molecule has 0 spiro atoms. The highest BCUT2D eigenvalue weighted by atomic mass is 35.5. The molecule has 0 unspecified atom stereocenters. The normalized spacial score (nSPS) is 10.1. The molecule has 0 aliphatic carbocycles. The van der Waals surface area contributed by atoms with Crippen molar-refractivity contribution in [3.05, 3.63) is 45.9 Å². The molecule has 0 fully saturated rings. The first-order chi connectivity index (χ1) is 8.70. The third kappa shape index (κ3) is 3.00. The van der Waals surface area contributed by atoms with E-state index in [9.17, 15) is 4.79 Å². The van der Waals surface area contributed by atoms with Crippen LogP contribution in [0.4, 0.5) is 5.13 Å². The Morgan fingerprint density at radius 1 is 1.50 bits per heavy atom. The molecule has 0 saturated heterocycles. The van der Waals surface area contributed by atoms with Crippen LogP contribution in [0.2, 0.25) is 5.02 Å². The number of nitrogens with zero attached hydrogens (tertiary/aromatic N) is 1. The fourth-order valence-electron chi connectivity index (χ4n) is 1.36. The van der Waals surface area contributed by atoms with Gasteiger partial charge in [-0.05, 0) is 11.6 Å². The molecule has 0 atom stereocenters. The number of ether oxygens (including phenoxy) is 1. The number of hydrogen-bond acceptors (Lipinski definition) is 5. The van der Waals surface area contributed by atoms with E-state index in [0.717, 1.165) is 5.56 Å². The van der Waals surface area contributed by atoms with Gasteiger partial charge in [0.05, 0.1) is 13.3 Å². The molecule has 1 aromatic heterocycles. The monoisotopic (exact) mass is 282 g/mol. The molecule has 6 heteroatoms. The van der Waals surface area contributed by atoms with E-state index in [1.54, 1.807) is 0 Å². The molecule has 4 nitrogen and oxygen atoms in total. The molecule has 0 saturated carbocycles. The van der Waals surface area contributed by atoms with Gasteiger partial charge < -0.3 is 10.1 Å². The number of carbonyl (C=O) groups is 1. The van der Waals surface area contributed by atoms with Crippen molar-refractivity contribution in [3.63, 3.8) is 0 Å². The molecule has 2 rings (SSSR count). The van der Waals surface area contributed by atoms with Crippen molar-refractivity contribution < 1.29 is 9.53 Å². The Labute approximate surface area is 114 Å². The minimum absolute atomic E-state index is 0.377. The second kappa shape index (κ2) is 5.84. The number of methoxy groups -OCH3 is 1. The summed E-state index contributed by atoms with van der Waals surface area (Å²) in [5, 5.41) is 4.48. The number of halogens is 1. The minimum atomic E-state index is -0.377. The van der Waals surface area contributed by atoms with E-state index in [0.29, 0.717) is 21.6 Å². The number of esters is 1. The predicted molar refractivity (Wildman–Crippen MR) is 72.2 cm³/mol. The van der Waals surface area contributed by atoms with Crippen LogP contribution < -0.4 is 5.32 Å². The largest absolute Gasteiger partial charge is 0.465 e. The van der Waals surface area contributed by atoms with Crippen LogP contribution in [0.5, 0.6) is 0 Å². The highest BCUT2D eigenvalue weighted by Gasteiger charge is 2.10. The van der Waals surface area contributed by atoms with Crippen molar-refractivity contribution in [2.24, 2.45) is 0 Å². The van der Waals surface area contributed by atoms with E-state index in [-0.39, 0.29) is 5.97 Å². The van der Waals surface area contributed by atoms with Crippen LogP contribution in [0.25, 0.3) is 0 Å². The second-order valence-electron chi connectivity index (χ2n) is 3.47. The zero-order chi connectivity index (χ0) is 13.0. The van der Waals surface area contributed by atoms with E-state index in [1.807, 2.05) is 24.3 Å². The van der Waals surface area contributed by atoms with Crippen LogP contribution in [0, 0.1) is 0 Å². The van der Waals surface area contributed by atoms with Crippen LogP contribution >= 0.6 is 22.9 Å². The van der Waals surface area contributed by atoms with Crippen molar-refractivity contribution in [1.29, 1.82) is 0 Å². The molecule has 1 N–H and O–H groups in total. The lowest BCUT2D eigenvalue weighted by molar-refractivity contribution is 0.0606. The first-order valence-electron chi connectivity index (χ1n) is 5.22. The summed E-state index contributed by atoms with van der Waals surface area (Å²) in [6.45, 7) is 0.563. The summed E-state index contributed by atoms with van der Waals surface area (Å²) in [5.41, 5.74) is 0.981. The Hall–Kier alpha value is -1.59. The first-order valence-corrected chi connectivity index (χ1v) is 6.41. The van der Waals surface area contributed by atoms with Gasteiger partial charge in [-0.3, -0.25) is 0 Å². The van der Waals surface area contributed by atoms with E-state index in [4.69, 9.17) is 11.6 Å². The van der Waals surface area contributed by atoms with Crippen LogP contribution in [-0.2, 0) is 11.3 Å². The number of aromatic nitrogens is 1. The lowest BCUT2D eigenvalue weighted by Gasteiger charge is -2.04. The van der Waals surface area contributed by atoms with Crippen molar-refractivity contribution in [1.82, 2.24) is 4.98 Å². The molecular weight excluding hydrogens is 272 g/mol. The molecule has 0 aliphatic heterocycles. The predicted octanol–water partition coefficient (Wildman–Crippen LogP) is 3.20. The zero-order valence-electron chi connectivity index (χ0n) is 9.64. The maximum atomic E-state index is 11.3. The maximum absolute atomic E-state index is 11.3. The number of carbonyl (C=O) groups excluding carboxylic acids is 1. The van der Waals surface area contributed by atoms with Crippen molar-refractivity contribution in [2.45, 2.75) is 6.54 Å². The van der Waals surface area contributed by atoms with Gasteiger partial charge in [-0.2, -0.15) is 0 Å². The van der Waals surface area contributed by atoms with E-state index >= 15 is 0 Å². The Bertz CT molecular complexity index is 557. The van der Waals surface area contributed by atoms with Gasteiger partial charge in [0, 0.05) is 11.6 Å². The van der Waals surface area contributed by atoms with Gasteiger partial charge in [0.1, 0.15) is 4.88 Å². The van der Waals surface area contributed by atoms with Gasteiger partial charge in [0.15, 0.2) is 5.13 Å². The van der Waals surface area contributed by atoms with Crippen molar-refractivity contribution in [3.8, 4) is 0 Å². The lowest BCUT2D eigenvalue weighted by Crippen LogP contribution is -1.99. The number of thiazole rings is 1. The lowest BCUT2D eigenvalue weighted by atomic mass is 10.2. The number of hydrogen-bond donors (Lipinski definition) is 1. The highest BCUT2D eigenvalue weighted by Crippen LogP contribution is 2.21. The zero-order valence-corrected chi connectivity index (χ0v) is 11.2. The van der Waals surface area contributed by atoms with E-state index in [1.165, 1.54) is 24.6 Å². The number of anilines is 1. The average molecular weight is 283 g/mol. The number of benzene rings is 1. The van der Waals surface area contributed by atoms with Crippen LogP contribution in [0.1, 0.15) is 15.2 Å². The summed E-state index contributed by atoms with van der Waals surface area (Å²) in [6.07, 6.45) is 1.49. The fraction of sp³-hybridized carbons (Fsp3) is 0.167. The molecular formula is C12H11ClN2O2S. The van der Waals surface area contributed by atoms with Gasteiger partial charge in [-0.15, -0.1) is 0 Å². The summed E-state index contributed by atoms with van der Waals surface area (Å²) in [5.74, 6) is -0.377. The van der Waals surface area contributed by atoms with Gasteiger partial charge >= 0.3 is 5.97 Å². The molecule has 0 amide bonds. The summed E-state index contributed by atoms with van der Waals surface area (Å²) in [6, 6.07) is 7.57. The SMILES string of the molecule is COC(=O)c1cnc(NCc2ccccc2Cl)s1. The van der Waals surface area contributed by atoms with Gasteiger partial charge in [-0.1, -0.05) is 41.1 Å². The molecule has 0 aliphatic rings. The van der Waals surface area contributed by atoms with Gasteiger partial charge in [0.25, 0.3) is 0 Å². The third-order valence-electron chi connectivity index (χ3n) is 2.28. The fourth-order valence-corrected chi connectivity index (χ4v) is 2.30. The van der Waals surface area contributed by atoms with Crippen LogP contribution in [0.15, 0.2) is 30.5 Å². The Morgan fingerprint density at radius 3 is 3.00 bits per heavy atom. The first kappa shape index (κ1) is 12.9. The highest BCUT2D eigenvalue weighted by molar-refractivity contribution is 7.17. The number of nitrogens with one attached hydrogen (secondary N) is 1. The summed E-state index contributed by atoms with van der Waals surface area (Å²) < 4.78 is 4.61. The molecule has 18 heavy (non-hydrogen) atoms. The van der Waals surface area contributed by atoms with Crippen molar-refractivity contribution >= 4 is 34.0 Å². The average Bonchev–Trinajstić information content (AvgIpc) is 2.86. The van der Waals surface area contributed by atoms with Gasteiger partial charge in [0.2, 0.25) is 0 Å². The quantitative estimate of drug-likeness (QED) is 0.875. The second-order valence-corrected chi connectivity index (χ2v) is 4.90. The van der Waals surface area contributed by atoms with Crippen LogP contribution in [-0.4, -0.2) is 18.1 Å². The smallest absolute Gasteiger partial charge is 0.349 e. The van der Waals surface area contributed by atoms with E-state index in [2.05, 4.69) is 15.0 Å². The Morgan fingerprint density at radius 2 is 2.28 bits per heavy atom. The molecule has 0 bridgehead atoms. The van der Waals surface area contributed by atoms with Crippen LogP contribution in [0.3, 0.4) is 0 Å². The molecule has 0 radical (unpaired) electrons. The summed E-state index contributed by atoms with van der Waals surface area (Å²) in [7, 11) is 1.35. The maximum Gasteiger partial charge on any atom is 0.349 e. The van der Waals surface area contributed by atoms with Crippen molar-refractivity contribution in [2.75, 3.05) is 12.4 Å². The molecule has 1 aromatic carbocycles. The molecule has 94 valence electrons. The third-order valence-corrected chi connectivity index (χ3v) is 3.58. The topological polar surface area (TPSA) is 51.2 Å². The van der Waals surface area contributed by atoms with Gasteiger partial charge in [-0.25, -0.2) is 9.78 Å². The van der Waals surface area contributed by atoms with E-state index < -0.39 is 0 Å². The molecule has 2 aromatic rings. The minimum Gasteiger partial charge on any atom is -0.465 e. The Balaban J connectivity index is 2.01. The molecule has 1 heterocycles.